The van der Waals surface area contributed by atoms with E-state index in [1.54, 1.807) is 0 Å². The summed E-state index contributed by atoms with van der Waals surface area (Å²) in [5.41, 5.74) is 1.66. The molecule has 0 saturated heterocycles. The van der Waals surface area contributed by atoms with Gasteiger partial charge in [-0.1, -0.05) is 0 Å². The zero-order valence-corrected chi connectivity index (χ0v) is 9.99. The summed E-state index contributed by atoms with van der Waals surface area (Å²) < 4.78 is 32.0. The van der Waals surface area contributed by atoms with E-state index in [9.17, 15) is 8.78 Å². The lowest BCUT2D eigenvalue weighted by Gasteiger charge is -2.18. The lowest BCUT2D eigenvalue weighted by atomic mass is 10.1. The molecule has 0 aliphatic carbocycles. The van der Waals surface area contributed by atoms with Crippen LogP contribution in [0.2, 0.25) is 0 Å². The minimum atomic E-state index is -0.627. The number of halogens is 2. The first-order valence-corrected chi connectivity index (χ1v) is 5.90. The highest BCUT2D eigenvalue weighted by Crippen LogP contribution is 2.28. The smallest absolute Gasteiger partial charge is 0.227 e. The Morgan fingerprint density at radius 3 is 3.00 bits per heavy atom. The van der Waals surface area contributed by atoms with E-state index in [1.165, 1.54) is 6.33 Å². The molecule has 98 valence electrons. The maximum atomic E-state index is 13.5. The molecule has 2 aromatic rings. The molecule has 0 spiro atoms. The Bertz CT molecular complexity index is 619. The third kappa shape index (κ3) is 2.39. The number of nitrogens with zero attached hydrogens (tertiary/aromatic N) is 2. The number of benzene rings is 1. The summed E-state index contributed by atoms with van der Waals surface area (Å²) in [5, 5.41) is 3.17. The second kappa shape index (κ2) is 4.89. The molecule has 0 unspecified atom stereocenters. The Morgan fingerprint density at radius 1 is 1.21 bits per heavy atom. The highest BCUT2D eigenvalue weighted by Gasteiger charge is 2.17. The number of rotatable bonds is 2. The molecule has 6 heteroatoms. The second-order valence-corrected chi connectivity index (χ2v) is 4.21. The molecule has 1 aliphatic heterocycles. The van der Waals surface area contributed by atoms with Gasteiger partial charge in [-0.3, -0.25) is 0 Å². The van der Waals surface area contributed by atoms with Crippen molar-refractivity contribution in [3.8, 4) is 11.6 Å². The Balaban J connectivity index is 1.97. The molecule has 0 saturated carbocycles. The highest BCUT2D eigenvalue weighted by atomic mass is 19.1. The van der Waals surface area contributed by atoms with Crippen molar-refractivity contribution in [3.63, 3.8) is 0 Å². The fourth-order valence-electron chi connectivity index (χ4n) is 1.99. The third-order valence-electron chi connectivity index (χ3n) is 2.94. The van der Waals surface area contributed by atoms with E-state index in [2.05, 4.69) is 15.3 Å². The van der Waals surface area contributed by atoms with E-state index in [0.29, 0.717) is 6.54 Å². The molecule has 0 fully saturated rings. The van der Waals surface area contributed by atoms with Gasteiger partial charge in [0, 0.05) is 25.6 Å². The summed E-state index contributed by atoms with van der Waals surface area (Å²) in [6, 6.07) is 3.07. The number of fused-ring (bicyclic) bond motifs is 1. The van der Waals surface area contributed by atoms with Crippen LogP contribution in [0.4, 0.5) is 8.78 Å². The van der Waals surface area contributed by atoms with Gasteiger partial charge in [-0.05, 0) is 12.1 Å². The SMILES string of the molecule is Fc1ccc(F)c(Oc2ncnc3c2CNCC3)c1. The van der Waals surface area contributed by atoms with Crippen LogP contribution >= 0.6 is 0 Å². The minimum absolute atomic E-state index is 0.175. The van der Waals surface area contributed by atoms with Gasteiger partial charge >= 0.3 is 0 Å². The molecule has 0 radical (unpaired) electrons. The predicted octanol–water partition coefficient (Wildman–Crippen LogP) is 2.19. The van der Waals surface area contributed by atoms with Crippen LogP contribution in [0.3, 0.4) is 0 Å². The van der Waals surface area contributed by atoms with Crippen LogP contribution in [0.5, 0.6) is 11.6 Å². The van der Waals surface area contributed by atoms with Gasteiger partial charge < -0.3 is 10.1 Å². The van der Waals surface area contributed by atoms with E-state index >= 15 is 0 Å². The number of aromatic nitrogens is 2. The molecule has 1 aromatic carbocycles. The van der Waals surface area contributed by atoms with Crippen molar-refractivity contribution in [2.75, 3.05) is 6.54 Å². The summed E-state index contributed by atoms with van der Waals surface area (Å²) in [6.07, 6.45) is 2.14. The van der Waals surface area contributed by atoms with Gasteiger partial charge in [0.25, 0.3) is 0 Å². The standard InChI is InChI=1S/C13H11F2N3O/c14-8-1-2-10(15)12(5-8)19-13-9-6-16-4-3-11(9)17-7-18-13/h1-2,5,7,16H,3-4,6H2. The van der Waals surface area contributed by atoms with Gasteiger partial charge in [-0.25, -0.2) is 18.7 Å². The normalized spacial score (nSPS) is 14.0. The van der Waals surface area contributed by atoms with Gasteiger partial charge in [0.05, 0.1) is 11.3 Å². The fraction of sp³-hybridized carbons (Fsp3) is 0.231. The summed E-state index contributed by atoms with van der Waals surface area (Å²) in [5.74, 6) is -1.09. The Hall–Kier alpha value is -2.08. The van der Waals surface area contributed by atoms with E-state index in [0.717, 1.165) is 42.4 Å². The summed E-state index contributed by atoms with van der Waals surface area (Å²) >= 11 is 0. The molecule has 3 rings (SSSR count). The topological polar surface area (TPSA) is 47.0 Å². The van der Waals surface area contributed by atoms with E-state index in [1.807, 2.05) is 0 Å². The molecule has 1 aliphatic rings. The largest absolute Gasteiger partial charge is 0.435 e. The summed E-state index contributed by atoms with van der Waals surface area (Å²) in [7, 11) is 0. The van der Waals surface area contributed by atoms with Crippen LogP contribution in [-0.2, 0) is 13.0 Å². The monoisotopic (exact) mass is 263 g/mol. The van der Waals surface area contributed by atoms with Gasteiger partial charge in [-0.15, -0.1) is 0 Å². The molecule has 1 aromatic heterocycles. The van der Waals surface area contributed by atoms with Gasteiger partial charge in [0.2, 0.25) is 5.88 Å². The highest BCUT2D eigenvalue weighted by molar-refractivity contribution is 5.36. The summed E-state index contributed by atoms with van der Waals surface area (Å²) in [6.45, 7) is 1.39. The molecule has 1 N–H and O–H groups in total. The third-order valence-corrected chi connectivity index (χ3v) is 2.94. The van der Waals surface area contributed by atoms with Crippen molar-refractivity contribution < 1.29 is 13.5 Å². The molecule has 19 heavy (non-hydrogen) atoms. The van der Waals surface area contributed by atoms with Gasteiger partial charge in [0.15, 0.2) is 11.6 Å². The van der Waals surface area contributed by atoms with Crippen molar-refractivity contribution in [2.24, 2.45) is 0 Å². The maximum Gasteiger partial charge on any atom is 0.227 e. The number of ether oxygens (including phenoxy) is 1. The number of hydrogen-bond acceptors (Lipinski definition) is 4. The first kappa shape index (κ1) is 12.0. The average molecular weight is 263 g/mol. The van der Waals surface area contributed by atoms with Crippen LogP contribution in [0.1, 0.15) is 11.3 Å². The van der Waals surface area contributed by atoms with Crippen molar-refractivity contribution in [1.29, 1.82) is 0 Å². The zero-order chi connectivity index (χ0) is 13.2. The molecule has 0 amide bonds. The van der Waals surface area contributed by atoms with Gasteiger partial charge in [0.1, 0.15) is 12.1 Å². The maximum absolute atomic E-state index is 13.5. The lowest BCUT2D eigenvalue weighted by molar-refractivity contribution is 0.410. The van der Waals surface area contributed by atoms with Crippen molar-refractivity contribution in [3.05, 3.63) is 47.4 Å². The molecular weight excluding hydrogens is 252 g/mol. The van der Waals surface area contributed by atoms with Crippen LogP contribution in [0.25, 0.3) is 0 Å². The number of nitrogens with one attached hydrogen (secondary N) is 1. The van der Waals surface area contributed by atoms with E-state index in [4.69, 9.17) is 4.74 Å². The summed E-state index contributed by atoms with van der Waals surface area (Å²) in [4.78, 5) is 8.16. The van der Waals surface area contributed by atoms with Crippen LogP contribution < -0.4 is 10.1 Å². The number of hydrogen-bond donors (Lipinski definition) is 1. The van der Waals surface area contributed by atoms with E-state index < -0.39 is 11.6 Å². The Kier molecular flexibility index (Phi) is 3.08. The van der Waals surface area contributed by atoms with Crippen LogP contribution in [0.15, 0.2) is 24.5 Å². The zero-order valence-electron chi connectivity index (χ0n) is 9.99. The predicted molar refractivity (Wildman–Crippen MR) is 63.9 cm³/mol. The minimum Gasteiger partial charge on any atom is -0.435 e. The van der Waals surface area contributed by atoms with Crippen LogP contribution in [-0.4, -0.2) is 16.5 Å². The fourth-order valence-corrected chi connectivity index (χ4v) is 1.99. The van der Waals surface area contributed by atoms with Crippen molar-refractivity contribution in [1.82, 2.24) is 15.3 Å². The molecule has 0 bridgehead atoms. The van der Waals surface area contributed by atoms with Crippen LogP contribution in [0, 0.1) is 11.6 Å². The molecule has 2 heterocycles. The molecule has 0 atom stereocenters. The first-order chi connectivity index (χ1) is 9.24. The van der Waals surface area contributed by atoms with E-state index in [-0.39, 0.29) is 11.6 Å². The Morgan fingerprint density at radius 2 is 2.11 bits per heavy atom. The Labute approximate surface area is 108 Å². The van der Waals surface area contributed by atoms with Gasteiger partial charge in [-0.2, -0.15) is 0 Å². The quantitative estimate of drug-likeness (QED) is 0.902. The first-order valence-electron chi connectivity index (χ1n) is 5.90. The van der Waals surface area contributed by atoms with Crippen molar-refractivity contribution in [2.45, 2.75) is 13.0 Å². The second-order valence-electron chi connectivity index (χ2n) is 4.21. The average Bonchev–Trinajstić information content (AvgIpc) is 2.43. The van der Waals surface area contributed by atoms with Crippen molar-refractivity contribution >= 4 is 0 Å². The lowest BCUT2D eigenvalue weighted by Crippen LogP contribution is -2.25. The molecular formula is C13H11F2N3O. The molecule has 4 nitrogen and oxygen atoms in total.